The van der Waals surface area contributed by atoms with E-state index in [0.717, 1.165) is 24.1 Å². The molecule has 0 saturated heterocycles. The lowest BCUT2D eigenvalue weighted by Crippen LogP contribution is -2.23. The lowest BCUT2D eigenvalue weighted by Gasteiger charge is -2.11. The molecule has 0 bridgehead atoms. The first kappa shape index (κ1) is 9.06. The number of hydrogen-bond donors (Lipinski definition) is 1. The molecule has 1 aliphatic rings. The van der Waals surface area contributed by atoms with Gasteiger partial charge in [-0.1, -0.05) is 6.07 Å². The van der Waals surface area contributed by atoms with Crippen molar-refractivity contribution in [3.05, 3.63) is 29.3 Å². The summed E-state index contributed by atoms with van der Waals surface area (Å²) in [6, 6.07) is 5.70. The topological polar surface area (TPSA) is 66.2 Å². The quantitative estimate of drug-likeness (QED) is 0.688. The van der Waals surface area contributed by atoms with Crippen molar-refractivity contribution in [1.82, 2.24) is 0 Å². The molecule has 1 aromatic rings. The number of fused-ring (bicyclic) bond motifs is 1. The number of aliphatic carboxylic acids is 1. The third kappa shape index (κ3) is 1.58. The molecule has 3 nitrogen and oxygen atoms in total. The van der Waals surface area contributed by atoms with Crippen LogP contribution in [0.5, 0.6) is 0 Å². The van der Waals surface area contributed by atoms with Crippen molar-refractivity contribution in [3.63, 3.8) is 0 Å². The number of nitrogens with two attached hydrogens (primary N) is 1. The highest BCUT2D eigenvalue weighted by atomic mass is 16.4. The van der Waals surface area contributed by atoms with Crippen molar-refractivity contribution >= 4 is 11.7 Å². The van der Waals surface area contributed by atoms with Crippen LogP contribution in [0.2, 0.25) is 0 Å². The Hall–Kier alpha value is -1.51. The Morgan fingerprint density at radius 2 is 2.36 bits per heavy atom. The molecule has 14 heavy (non-hydrogen) atoms. The van der Waals surface area contributed by atoms with Crippen LogP contribution < -0.4 is 10.8 Å². The van der Waals surface area contributed by atoms with Crippen LogP contribution in [0.1, 0.15) is 29.9 Å². The van der Waals surface area contributed by atoms with Crippen molar-refractivity contribution < 1.29 is 9.90 Å². The minimum Gasteiger partial charge on any atom is -0.550 e. The molecule has 1 unspecified atom stereocenters. The maximum atomic E-state index is 10.5. The van der Waals surface area contributed by atoms with E-state index >= 15 is 0 Å². The third-order valence-electron chi connectivity index (χ3n) is 2.78. The Morgan fingerprint density at radius 3 is 3.07 bits per heavy atom. The molecule has 74 valence electrons. The molecule has 2 rings (SSSR count). The van der Waals surface area contributed by atoms with Gasteiger partial charge in [0.25, 0.3) is 0 Å². The van der Waals surface area contributed by atoms with Gasteiger partial charge in [0.2, 0.25) is 0 Å². The van der Waals surface area contributed by atoms with Gasteiger partial charge in [-0.3, -0.25) is 0 Å². The van der Waals surface area contributed by atoms with E-state index < -0.39 is 5.97 Å². The van der Waals surface area contributed by atoms with E-state index in [9.17, 15) is 9.90 Å². The first-order valence-corrected chi connectivity index (χ1v) is 4.75. The summed E-state index contributed by atoms with van der Waals surface area (Å²) in [6.07, 6.45) is 1.95. The van der Waals surface area contributed by atoms with Gasteiger partial charge in [-0.05, 0) is 48.4 Å². The summed E-state index contributed by atoms with van der Waals surface area (Å²) in [5, 5.41) is 10.5. The van der Waals surface area contributed by atoms with Crippen LogP contribution in [0.3, 0.4) is 0 Å². The van der Waals surface area contributed by atoms with Crippen LogP contribution >= 0.6 is 0 Å². The molecule has 0 aliphatic heterocycles. The number of carbonyl (C=O) groups is 1. The summed E-state index contributed by atoms with van der Waals surface area (Å²) < 4.78 is 0. The van der Waals surface area contributed by atoms with Gasteiger partial charge in [0.1, 0.15) is 0 Å². The van der Waals surface area contributed by atoms with Gasteiger partial charge < -0.3 is 15.6 Å². The van der Waals surface area contributed by atoms with E-state index in [1.165, 1.54) is 5.56 Å². The molecule has 0 aromatic heterocycles. The zero-order valence-corrected chi connectivity index (χ0v) is 7.82. The number of carboxylic acid groups (broad SMARTS) is 1. The van der Waals surface area contributed by atoms with Gasteiger partial charge in [-0.15, -0.1) is 0 Å². The predicted octanol–water partition coefficient (Wildman–Crippen LogP) is 0.439. The van der Waals surface area contributed by atoms with Crippen LogP contribution in [-0.4, -0.2) is 5.97 Å². The smallest absolute Gasteiger partial charge is 0.0420 e. The van der Waals surface area contributed by atoms with Crippen LogP contribution in [0, 0.1) is 0 Å². The molecule has 0 heterocycles. The fourth-order valence-electron chi connectivity index (χ4n) is 2.14. The highest BCUT2D eigenvalue weighted by Crippen LogP contribution is 2.35. The highest BCUT2D eigenvalue weighted by molar-refractivity contribution is 5.66. The largest absolute Gasteiger partial charge is 0.550 e. The molecular weight excluding hydrogens is 178 g/mol. The number of nitrogen functional groups attached to an aromatic ring is 1. The fourth-order valence-corrected chi connectivity index (χ4v) is 2.14. The summed E-state index contributed by atoms with van der Waals surface area (Å²) >= 11 is 0. The first-order chi connectivity index (χ1) is 6.66. The predicted molar refractivity (Wildman–Crippen MR) is 51.5 cm³/mol. The van der Waals surface area contributed by atoms with Crippen LogP contribution in [0.25, 0.3) is 0 Å². The van der Waals surface area contributed by atoms with Crippen LogP contribution in [0.15, 0.2) is 18.2 Å². The van der Waals surface area contributed by atoms with Crippen molar-refractivity contribution in [1.29, 1.82) is 0 Å². The SMILES string of the molecule is Nc1ccc2c(c1)CCC2CC(=O)[O-]. The molecule has 1 atom stereocenters. The van der Waals surface area contributed by atoms with Gasteiger partial charge in [0.05, 0.1) is 0 Å². The minimum absolute atomic E-state index is 0.121. The standard InChI is InChI=1S/C11H13NO2/c12-9-3-4-10-7(5-9)1-2-8(10)6-11(13)14/h3-5,8H,1-2,6,12H2,(H,13,14)/p-1. The third-order valence-corrected chi connectivity index (χ3v) is 2.78. The number of hydrogen-bond acceptors (Lipinski definition) is 3. The van der Waals surface area contributed by atoms with Crippen molar-refractivity contribution in [3.8, 4) is 0 Å². The second-order valence-corrected chi connectivity index (χ2v) is 3.77. The lowest BCUT2D eigenvalue weighted by atomic mass is 9.98. The van der Waals surface area contributed by atoms with Gasteiger partial charge in [0.15, 0.2) is 0 Å². The minimum atomic E-state index is -0.973. The second kappa shape index (κ2) is 3.33. The molecule has 2 N–H and O–H groups in total. The van der Waals surface area contributed by atoms with Gasteiger partial charge in [0, 0.05) is 11.7 Å². The van der Waals surface area contributed by atoms with E-state index in [1.54, 1.807) is 0 Å². The molecule has 1 aliphatic carbocycles. The van der Waals surface area contributed by atoms with Crippen molar-refractivity contribution in [2.75, 3.05) is 5.73 Å². The monoisotopic (exact) mass is 190 g/mol. The Balaban J connectivity index is 2.26. The number of carbonyl (C=O) groups excluding carboxylic acids is 1. The maximum Gasteiger partial charge on any atom is 0.0420 e. The second-order valence-electron chi connectivity index (χ2n) is 3.77. The molecule has 0 saturated carbocycles. The Kier molecular flexibility index (Phi) is 2.15. The van der Waals surface area contributed by atoms with Crippen LogP contribution in [-0.2, 0) is 11.2 Å². The highest BCUT2D eigenvalue weighted by Gasteiger charge is 2.22. The summed E-state index contributed by atoms with van der Waals surface area (Å²) in [5.41, 5.74) is 8.72. The Labute approximate surface area is 82.5 Å². The van der Waals surface area contributed by atoms with Gasteiger partial charge in [-0.2, -0.15) is 0 Å². The molecule has 0 radical (unpaired) electrons. The lowest BCUT2D eigenvalue weighted by molar-refractivity contribution is -0.306. The zero-order valence-electron chi connectivity index (χ0n) is 7.82. The summed E-state index contributed by atoms with van der Waals surface area (Å²) in [7, 11) is 0. The first-order valence-electron chi connectivity index (χ1n) is 4.75. The number of rotatable bonds is 2. The number of benzene rings is 1. The van der Waals surface area contributed by atoms with Crippen LogP contribution in [0.4, 0.5) is 5.69 Å². The number of carboxylic acids is 1. The molecular formula is C11H12NO2-. The molecule has 0 amide bonds. The number of anilines is 1. The van der Waals surface area contributed by atoms with E-state index in [4.69, 9.17) is 5.73 Å². The summed E-state index contributed by atoms with van der Waals surface area (Å²) in [6.45, 7) is 0. The maximum absolute atomic E-state index is 10.5. The Bertz CT molecular complexity index is 374. The number of aryl methyl sites for hydroxylation is 1. The molecule has 1 aromatic carbocycles. The Morgan fingerprint density at radius 1 is 1.57 bits per heavy atom. The average Bonchev–Trinajstić information content (AvgIpc) is 2.47. The van der Waals surface area contributed by atoms with E-state index in [-0.39, 0.29) is 12.3 Å². The van der Waals surface area contributed by atoms with Gasteiger partial charge >= 0.3 is 0 Å². The fraction of sp³-hybridized carbons (Fsp3) is 0.364. The summed E-state index contributed by atoms with van der Waals surface area (Å²) in [5.74, 6) is -0.852. The normalized spacial score (nSPS) is 19.3. The van der Waals surface area contributed by atoms with E-state index in [1.807, 2.05) is 18.2 Å². The molecule has 0 fully saturated rings. The van der Waals surface area contributed by atoms with E-state index in [0.29, 0.717) is 0 Å². The van der Waals surface area contributed by atoms with E-state index in [2.05, 4.69) is 0 Å². The average molecular weight is 190 g/mol. The summed E-state index contributed by atoms with van der Waals surface area (Å²) in [4.78, 5) is 10.5. The molecule has 3 heteroatoms. The van der Waals surface area contributed by atoms with Crippen molar-refractivity contribution in [2.24, 2.45) is 0 Å². The van der Waals surface area contributed by atoms with Gasteiger partial charge in [-0.25, -0.2) is 0 Å². The van der Waals surface area contributed by atoms with Crippen molar-refractivity contribution in [2.45, 2.75) is 25.2 Å². The zero-order chi connectivity index (χ0) is 10.1. The molecule has 0 spiro atoms.